The van der Waals surface area contributed by atoms with Crippen molar-refractivity contribution in [1.82, 2.24) is 0 Å². The highest BCUT2D eigenvalue weighted by molar-refractivity contribution is 6.84. The van der Waals surface area contributed by atoms with Crippen molar-refractivity contribution >= 4 is 13.9 Å². The van der Waals surface area contributed by atoms with Gasteiger partial charge in [-0.25, -0.2) is 0 Å². The summed E-state index contributed by atoms with van der Waals surface area (Å²) in [5.41, 5.74) is 0.414. The van der Waals surface area contributed by atoms with Crippen LogP contribution in [0.25, 0.3) is 0 Å². The standard InChI is InChI=1S/C13H26OSi/c1-9(2)10-8-11(14)12(10)15(6,7)13(3,4)5/h9-10,12H,8H2,1-7H3/t10-,12?/m1/s1. The number of ketones is 1. The highest BCUT2D eigenvalue weighted by Crippen LogP contribution is 2.54. The molecule has 2 heteroatoms. The zero-order valence-electron chi connectivity index (χ0n) is 11.3. The van der Waals surface area contributed by atoms with Gasteiger partial charge in [0, 0.05) is 12.0 Å². The Balaban J connectivity index is 2.91. The van der Waals surface area contributed by atoms with Gasteiger partial charge in [-0.15, -0.1) is 0 Å². The van der Waals surface area contributed by atoms with E-state index in [9.17, 15) is 4.79 Å². The zero-order valence-corrected chi connectivity index (χ0v) is 12.3. The van der Waals surface area contributed by atoms with Gasteiger partial charge in [-0.05, 0) is 16.9 Å². The molecule has 1 nitrogen and oxygen atoms in total. The van der Waals surface area contributed by atoms with Crippen molar-refractivity contribution in [3.63, 3.8) is 0 Å². The minimum absolute atomic E-state index is 0.334. The molecule has 0 heterocycles. The van der Waals surface area contributed by atoms with Crippen molar-refractivity contribution in [2.45, 2.75) is 64.7 Å². The van der Waals surface area contributed by atoms with Gasteiger partial charge in [0.15, 0.2) is 0 Å². The van der Waals surface area contributed by atoms with Crippen LogP contribution in [-0.4, -0.2) is 13.9 Å². The average molecular weight is 226 g/mol. The lowest BCUT2D eigenvalue weighted by Gasteiger charge is -2.52. The third kappa shape index (κ3) is 2.06. The molecule has 15 heavy (non-hydrogen) atoms. The summed E-state index contributed by atoms with van der Waals surface area (Å²) in [7, 11) is -1.46. The first-order valence-electron chi connectivity index (χ1n) is 6.11. The molecule has 1 aliphatic carbocycles. The number of hydrogen-bond donors (Lipinski definition) is 0. The molecule has 88 valence electrons. The second-order valence-electron chi connectivity index (χ2n) is 7.03. The van der Waals surface area contributed by atoms with E-state index in [-0.39, 0.29) is 0 Å². The molecule has 0 amide bonds. The van der Waals surface area contributed by atoms with E-state index in [1.165, 1.54) is 0 Å². The van der Waals surface area contributed by atoms with Crippen LogP contribution >= 0.6 is 0 Å². The van der Waals surface area contributed by atoms with Crippen LogP contribution in [0.2, 0.25) is 23.7 Å². The molecule has 0 saturated heterocycles. The van der Waals surface area contributed by atoms with Crippen LogP contribution in [0.5, 0.6) is 0 Å². The Labute approximate surface area is 95.7 Å². The summed E-state index contributed by atoms with van der Waals surface area (Å²) < 4.78 is 0. The van der Waals surface area contributed by atoms with Gasteiger partial charge < -0.3 is 0 Å². The third-order valence-electron chi connectivity index (χ3n) is 4.78. The fraction of sp³-hybridized carbons (Fsp3) is 0.923. The zero-order chi connectivity index (χ0) is 12.0. The van der Waals surface area contributed by atoms with Crippen LogP contribution in [0, 0.1) is 11.8 Å². The maximum absolute atomic E-state index is 11.9. The molecular weight excluding hydrogens is 200 g/mol. The van der Waals surface area contributed by atoms with E-state index in [2.05, 4.69) is 47.7 Å². The molecule has 1 unspecified atom stereocenters. The molecule has 1 aliphatic rings. The minimum atomic E-state index is -1.46. The first-order chi connectivity index (χ1) is 6.59. The lowest BCUT2D eigenvalue weighted by atomic mass is 9.75. The van der Waals surface area contributed by atoms with Crippen molar-refractivity contribution in [3.05, 3.63) is 0 Å². The molecule has 0 spiro atoms. The number of carbonyl (C=O) groups is 1. The summed E-state index contributed by atoms with van der Waals surface area (Å²) in [5, 5.41) is 0.334. The summed E-state index contributed by atoms with van der Waals surface area (Å²) in [6.07, 6.45) is 0.842. The van der Waals surface area contributed by atoms with Crippen LogP contribution in [0.15, 0.2) is 0 Å². The summed E-state index contributed by atoms with van der Waals surface area (Å²) in [6.45, 7) is 16.2. The van der Waals surface area contributed by atoms with Crippen LogP contribution in [0.1, 0.15) is 41.0 Å². The molecule has 1 rings (SSSR count). The van der Waals surface area contributed by atoms with Gasteiger partial charge >= 0.3 is 0 Å². The quantitative estimate of drug-likeness (QED) is 0.648. The molecule has 2 atom stereocenters. The number of Topliss-reactive ketones (excluding diaryl/α,β-unsaturated/α-hetero) is 1. The Morgan fingerprint density at radius 1 is 1.27 bits per heavy atom. The number of rotatable bonds is 2. The highest BCUT2D eigenvalue weighted by atomic mass is 28.3. The summed E-state index contributed by atoms with van der Waals surface area (Å²) in [6, 6.07) is 0. The smallest absolute Gasteiger partial charge is 0.133 e. The SMILES string of the molecule is CC(C)[C@H]1CC(=O)C1[Si](C)(C)C(C)(C)C. The van der Waals surface area contributed by atoms with E-state index in [4.69, 9.17) is 0 Å². The maximum atomic E-state index is 11.9. The Morgan fingerprint density at radius 2 is 1.73 bits per heavy atom. The van der Waals surface area contributed by atoms with Gasteiger partial charge in [-0.2, -0.15) is 0 Å². The number of carbonyl (C=O) groups excluding carboxylic acids is 1. The van der Waals surface area contributed by atoms with E-state index in [0.29, 0.717) is 28.2 Å². The molecule has 0 bridgehead atoms. The average Bonchev–Trinajstić information content (AvgIpc) is 1.95. The van der Waals surface area contributed by atoms with E-state index in [1.54, 1.807) is 0 Å². The van der Waals surface area contributed by atoms with E-state index >= 15 is 0 Å². The van der Waals surface area contributed by atoms with E-state index in [0.717, 1.165) is 6.42 Å². The minimum Gasteiger partial charge on any atom is -0.300 e. The first-order valence-corrected chi connectivity index (χ1v) is 9.19. The molecule has 0 aliphatic heterocycles. The summed E-state index contributed by atoms with van der Waals surface area (Å²) in [5.74, 6) is 1.88. The molecule has 0 aromatic heterocycles. The highest BCUT2D eigenvalue weighted by Gasteiger charge is 2.54. The van der Waals surface area contributed by atoms with Crippen molar-refractivity contribution < 1.29 is 4.79 Å². The topological polar surface area (TPSA) is 17.1 Å². The first kappa shape index (κ1) is 13.0. The molecule has 1 fully saturated rings. The van der Waals surface area contributed by atoms with Crippen LogP contribution in [0.4, 0.5) is 0 Å². The van der Waals surface area contributed by atoms with Crippen molar-refractivity contribution in [1.29, 1.82) is 0 Å². The molecular formula is C13H26OSi. The molecule has 0 radical (unpaired) electrons. The Hall–Kier alpha value is -0.113. The molecule has 0 aromatic rings. The lowest BCUT2D eigenvalue weighted by Crippen LogP contribution is -2.54. The van der Waals surface area contributed by atoms with Crippen molar-refractivity contribution in [3.8, 4) is 0 Å². The second-order valence-corrected chi connectivity index (χ2v) is 12.6. The summed E-state index contributed by atoms with van der Waals surface area (Å²) in [4.78, 5) is 11.9. The molecule has 0 N–H and O–H groups in total. The lowest BCUT2D eigenvalue weighted by molar-refractivity contribution is -0.128. The van der Waals surface area contributed by atoms with Crippen LogP contribution in [0.3, 0.4) is 0 Å². The maximum Gasteiger partial charge on any atom is 0.133 e. The van der Waals surface area contributed by atoms with Crippen molar-refractivity contribution in [2.24, 2.45) is 11.8 Å². The predicted molar refractivity (Wildman–Crippen MR) is 68.9 cm³/mol. The Kier molecular flexibility index (Phi) is 3.22. The van der Waals surface area contributed by atoms with Crippen LogP contribution in [-0.2, 0) is 4.79 Å². The van der Waals surface area contributed by atoms with E-state index < -0.39 is 8.07 Å². The van der Waals surface area contributed by atoms with Crippen molar-refractivity contribution in [2.75, 3.05) is 0 Å². The van der Waals surface area contributed by atoms with Gasteiger partial charge in [0.2, 0.25) is 0 Å². The van der Waals surface area contributed by atoms with Gasteiger partial charge in [-0.1, -0.05) is 47.7 Å². The van der Waals surface area contributed by atoms with Gasteiger partial charge in [0.1, 0.15) is 5.78 Å². The van der Waals surface area contributed by atoms with Gasteiger partial charge in [-0.3, -0.25) is 4.79 Å². The fourth-order valence-corrected chi connectivity index (χ4v) is 6.01. The van der Waals surface area contributed by atoms with Gasteiger partial charge in [0.05, 0.1) is 8.07 Å². The van der Waals surface area contributed by atoms with E-state index in [1.807, 2.05) is 0 Å². The summed E-state index contributed by atoms with van der Waals surface area (Å²) >= 11 is 0. The van der Waals surface area contributed by atoms with Gasteiger partial charge in [0.25, 0.3) is 0 Å². The monoisotopic (exact) mass is 226 g/mol. The van der Waals surface area contributed by atoms with Crippen LogP contribution < -0.4 is 0 Å². The normalized spacial score (nSPS) is 28.1. The third-order valence-corrected chi connectivity index (χ3v) is 10.9. The second kappa shape index (κ2) is 3.72. The molecule has 0 aromatic carbocycles. The number of hydrogen-bond acceptors (Lipinski definition) is 1. The predicted octanol–water partition coefficient (Wildman–Crippen LogP) is 4.11. The molecule has 1 saturated carbocycles. The largest absolute Gasteiger partial charge is 0.300 e. The Bertz CT molecular complexity index is 260. The Morgan fingerprint density at radius 3 is 2.00 bits per heavy atom. The fourth-order valence-electron chi connectivity index (χ4n) is 2.58.